The Bertz CT molecular complexity index is 132. The first-order chi connectivity index (χ1) is 5.67. The first-order valence-corrected chi connectivity index (χ1v) is 5.11. The highest BCUT2D eigenvalue weighted by molar-refractivity contribution is 5.01. The van der Waals surface area contributed by atoms with Gasteiger partial charge in [-0.25, -0.2) is 0 Å². The molecule has 2 nitrogen and oxygen atoms in total. The second kappa shape index (κ2) is 4.24. The van der Waals surface area contributed by atoms with E-state index in [2.05, 4.69) is 31.4 Å². The maximum Gasteiger partial charge on any atom is 0.0125 e. The van der Waals surface area contributed by atoms with Crippen molar-refractivity contribution in [2.24, 2.45) is 5.41 Å². The van der Waals surface area contributed by atoms with E-state index in [1.54, 1.807) is 0 Å². The monoisotopic (exact) mass is 170 g/mol. The van der Waals surface area contributed by atoms with Crippen LogP contribution >= 0.6 is 0 Å². The van der Waals surface area contributed by atoms with E-state index >= 15 is 0 Å². The first-order valence-electron chi connectivity index (χ1n) is 5.11. The molecule has 0 saturated heterocycles. The third kappa shape index (κ3) is 3.11. The quantitative estimate of drug-likeness (QED) is 0.588. The largest absolute Gasteiger partial charge is 0.315 e. The lowest BCUT2D eigenvalue weighted by Crippen LogP contribution is -2.30. The molecule has 0 aliphatic heterocycles. The van der Waals surface area contributed by atoms with Gasteiger partial charge < -0.3 is 10.6 Å². The summed E-state index contributed by atoms with van der Waals surface area (Å²) in [5.41, 5.74) is 0.574. The average molecular weight is 170 g/mol. The summed E-state index contributed by atoms with van der Waals surface area (Å²) in [6.45, 7) is 10.2. The number of hydrogen-bond donors (Lipinski definition) is 2. The zero-order valence-corrected chi connectivity index (χ0v) is 8.61. The lowest BCUT2D eigenvalue weighted by atomic mass is 10.2. The summed E-state index contributed by atoms with van der Waals surface area (Å²) in [6.07, 6.45) is 2.58. The van der Waals surface area contributed by atoms with Gasteiger partial charge in [0.05, 0.1) is 0 Å². The predicted molar refractivity (Wildman–Crippen MR) is 53.3 cm³/mol. The molecule has 0 aromatic carbocycles. The lowest BCUT2D eigenvalue weighted by Gasteiger charge is -2.06. The van der Waals surface area contributed by atoms with Crippen LogP contribution in [0.1, 0.15) is 33.6 Å². The molecule has 0 aromatic heterocycles. The van der Waals surface area contributed by atoms with Crippen LogP contribution in [0.4, 0.5) is 0 Å². The molecule has 1 fully saturated rings. The van der Waals surface area contributed by atoms with Gasteiger partial charge in [-0.3, -0.25) is 0 Å². The fraction of sp³-hybridized carbons (Fsp3) is 1.00. The summed E-state index contributed by atoms with van der Waals surface area (Å²) >= 11 is 0. The Labute approximate surface area is 76.1 Å². The van der Waals surface area contributed by atoms with Gasteiger partial charge in [-0.05, 0) is 24.8 Å². The molecule has 72 valence electrons. The van der Waals surface area contributed by atoms with E-state index in [1.807, 2.05) is 0 Å². The number of rotatable bonds is 6. The van der Waals surface area contributed by atoms with E-state index in [0.29, 0.717) is 5.41 Å². The summed E-state index contributed by atoms with van der Waals surface area (Å²) < 4.78 is 0. The standard InChI is InChI=1S/C10H22N2/c1-4-5-11-6-7-12-9-8-10(9,2)3/h9,11-12H,4-8H2,1-3H3. The summed E-state index contributed by atoms with van der Waals surface area (Å²) in [7, 11) is 0. The van der Waals surface area contributed by atoms with E-state index in [0.717, 1.165) is 25.7 Å². The Morgan fingerprint density at radius 1 is 1.25 bits per heavy atom. The van der Waals surface area contributed by atoms with Crippen molar-refractivity contribution in [3.8, 4) is 0 Å². The van der Waals surface area contributed by atoms with Gasteiger partial charge in [-0.2, -0.15) is 0 Å². The molecule has 1 unspecified atom stereocenters. The Morgan fingerprint density at radius 3 is 2.42 bits per heavy atom. The van der Waals surface area contributed by atoms with E-state index < -0.39 is 0 Å². The SMILES string of the molecule is CCCNCCNC1CC1(C)C. The first kappa shape index (κ1) is 10.0. The highest BCUT2D eigenvalue weighted by Gasteiger charge is 2.44. The molecule has 1 saturated carbocycles. The zero-order chi connectivity index (χ0) is 9.03. The van der Waals surface area contributed by atoms with Crippen molar-refractivity contribution in [3.05, 3.63) is 0 Å². The van der Waals surface area contributed by atoms with Gasteiger partial charge in [0.15, 0.2) is 0 Å². The lowest BCUT2D eigenvalue weighted by molar-refractivity contribution is 0.528. The Hall–Kier alpha value is -0.0800. The average Bonchev–Trinajstić information content (AvgIpc) is 2.59. The molecule has 0 bridgehead atoms. The van der Waals surface area contributed by atoms with Gasteiger partial charge in [0.1, 0.15) is 0 Å². The molecule has 0 aromatic rings. The van der Waals surface area contributed by atoms with Crippen LogP contribution in [0.25, 0.3) is 0 Å². The molecular formula is C10H22N2. The van der Waals surface area contributed by atoms with Gasteiger partial charge >= 0.3 is 0 Å². The van der Waals surface area contributed by atoms with Crippen LogP contribution in [-0.2, 0) is 0 Å². The number of nitrogens with one attached hydrogen (secondary N) is 2. The van der Waals surface area contributed by atoms with Crippen molar-refractivity contribution in [3.63, 3.8) is 0 Å². The molecule has 1 atom stereocenters. The molecule has 0 amide bonds. The fourth-order valence-corrected chi connectivity index (χ4v) is 1.45. The smallest absolute Gasteiger partial charge is 0.0125 e. The highest BCUT2D eigenvalue weighted by Crippen LogP contribution is 2.44. The van der Waals surface area contributed by atoms with Crippen LogP contribution in [-0.4, -0.2) is 25.7 Å². The topological polar surface area (TPSA) is 24.1 Å². The molecule has 2 N–H and O–H groups in total. The molecule has 0 spiro atoms. The summed E-state index contributed by atoms with van der Waals surface area (Å²) in [4.78, 5) is 0. The normalized spacial score (nSPS) is 25.8. The van der Waals surface area contributed by atoms with Crippen LogP contribution in [0.2, 0.25) is 0 Å². The third-order valence-electron chi connectivity index (χ3n) is 2.63. The van der Waals surface area contributed by atoms with Crippen LogP contribution in [0.3, 0.4) is 0 Å². The second-order valence-corrected chi connectivity index (χ2v) is 4.45. The van der Waals surface area contributed by atoms with E-state index in [4.69, 9.17) is 0 Å². The summed E-state index contributed by atoms with van der Waals surface area (Å²) in [5, 5.41) is 6.93. The molecule has 12 heavy (non-hydrogen) atoms. The minimum absolute atomic E-state index is 0.574. The molecule has 2 heteroatoms. The van der Waals surface area contributed by atoms with Crippen molar-refractivity contribution in [2.75, 3.05) is 19.6 Å². The van der Waals surface area contributed by atoms with Crippen LogP contribution in [0.5, 0.6) is 0 Å². The van der Waals surface area contributed by atoms with Gasteiger partial charge in [0.25, 0.3) is 0 Å². The van der Waals surface area contributed by atoms with E-state index in [9.17, 15) is 0 Å². The van der Waals surface area contributed by atoms with Crippen LogP contribution in [0.15, 0.2) is 0 Å². The van der Waals surface area contributed by atoms with Crippen molar-refractivity contribution >= 4 is 0 Å². The summed E-state index contributed by atoms with van der Waals surface area (Å²) in [5.74, 6) is 0. The van der Waals surface area contributed by atoms with Crippen LogP contribution < -0.4 is 10.6 Å². The van der Waals surface area contributed by atoms with Crippen molar-refractivity contribution in [1.29, 1.82) is 0 Å². The maximum absolute atomic E-state index is 3.54. The molecule has 0 radical (unpaired) electrons. The molecular weight excluding hydrogens is 148 g/mol. The second-order valence-electron chi connectivity index (χ2n) is 4.45. The Kier molecular flexibility index (Phi) is 3.53. The summed E-state index contributed by atoms with van der Waals surface area (Å²) in [6, 6.07) is 0.779. The number of hydrogen-bond acceptors (Lipinski definition) is 2. The minimum Gasteiger partial charge on any atom is -0.315 e. The Morgan fingerprint density at radius 2 is 1.92 bits per heavy atom. The van der Waals surface area contributed by atoms with Crippen molar-refractivity contribution in [1.82, 2.24) is 10.6 Å². The minimum atomic E-state index is 0.574. The van der Waals surface area contributed by atoms with Gasteiger partial charge in [-0.1, -0.05) is 20.8 Å². The molecule has 1 aliphatic rings. The van der Waals surface area contributed by atoms with Gasteiger partial charge in [0, 0.05) is 19.1 Å². The molecule has 1 rings (SSSR count). The van der Waals surface area contributed by atoms with Crippen molar-refractivity contribution < 1.29 is 0 Å². The maximum atomic E-state index is 3.54. The van der Waals surface area contributed by atoms with E-state index in [-0.39, 0.29) is 0 Å². The Balaban J connectivity index is 1.85. The molecule has 1 aliphatic carbocycles. The highest BCUT2D eigenvalue weighted by atomic mass is 15.0. The van der Waals surface area contributed by atoms with Crippen molar-refractivity contribution in [2.45, 2.75) is 39.7 Å². The third-order valence-corrected chi connectivity index (χ3v) is 2.63. The molecule has 0 heterocycles. The predicted octanol–water partition coefficient (Wildman–Crippen LogP) is 1.37. The van der Waals surface area contributed by atoms with Gasteiger partial charge in [0.2, 0.25) is 0 Å². The zero-order valence-electron chi connectivity index (χ0n) is 8.61. The van der Waals surface area contributed by atoms with Gasteiger partial charge in [-0.15, -0.1) is 0 Å². The van der Waals surface area contributed by atoms with Crippen LogP contribution in [0, 0.1) is 5.41 Å². The fourth-order valence-electron chi connectivity index (χ4n) is 1.45. The van der Waals surface area contributed by atoms with E-state index in [1.165, 1.54) is 12.8 Å².